The van der Waals surface area contributed by atoms with Crippen LogP contribution in [0, 0.1) is 0 Å². The van der Waals surface area contributed by atoms with E-state index in [0.717, 1.165) is 5.56 Å². The van der Waals surface area contributed by atoms with Gasteiger partial charge < -0.3 is 35.6 Å². The van der Waals surface area contributed by atoms with Crippen LogP contribution in [0.4, 0.5) is 0 Å². The van der Waals surface area contributed by atoms with E-state index in [0.29, 0.717) is 5.57 Å². The van der Waals surface area contributed by atoms with Crippen LogP contribution < -0.4 is 5.32 Å². The van der Waals surface area contributed by atoms with Crippen LogP contribution in [0.2, 0.25) is 0 Å². The zero-order valence-corrected chi connectivity index (χ0v) is 12.3. The molecule has 0 saturated carbocycles. The molecule has 1 N–H and O–H groups in total. The van der Waals surface area contributed by atoms with E-state index < -0.39 is 0 Å². The van der Waals surface area contributed by atoms with E-state index in [9.17, 15) is 4.79 Å². The van der Waals surface area contributed by atoms with Crippen LogP contribution >= 0.6 is 0 Å². The van der Waals surface area contributed by atoms with Gasteiger partial charge in [0.2, 0.25) is 5.91 Å². The van der Waals surface area contributed by atoms with Gasteiger partial charge in [0.1, 0.15) is 0 Å². The molecule has 0 heterocycles. The molecular weight excluding hydrogens is 278 g/mol. The Hall–Kier alpha value is -1.57. The molecule has 1 unspecified atom stereocenters. The predicted molar refractivity (Wildman–Crippen MR) is 75.4 cm³/mol. The Morgan fingerprint density at radius 3 is 1.95 bits per heavy atom. The SMILES string of the molecule is C=C(C)C(=O)NC(C)[c-]1cccc1.[Fe].[cH-]1[cH-][cH-][cH-][cH-]1. The molecule has 1 atom stereocenters. The van der Waals surface area contributed by atoms with E-state index in [1.807, 2.05) is 61.5 Å². The van der Waals surface area contributed by atoms with Crippen molar-refractivity contribution in [1.82, 2.24) is 5.32 Å². The van der Waals surface area contributed by atoms with Crippen molar-refractivity contribution in [3.8, 4) is 0 Å². The molecule has 2 rings (SSSR count). The summed E-state index contributed by atoms with van der Waals surface area (Å²) >= 11 is 0. The second kappa shape index (κ2) is 9.37. The molecule has 0 bridgehead atoms. The van der Waals surface area contributed by atoms with E-state index in [2.05, 4.69) is 11.9 Å². The van der Waals surface area contributed by atoms with E-state index in [4.69, 9.17) is 0 Å². The number of hydrogen-bond donors (Lipinski definition) is 1. The normalized spacial score (nSPS) is 10.4. The van der Waals surface area contributed by atoms with Crippen LogP contribution in [0.3, 0.4) is 0 Å². The van der Waals surface area contributed by atoms with Gasteiger partial charge in [-0.05, 0) is 6.92 Å². The summed E-state index contributed by atoms with van der Waals surface area (Å²) in [4.78, 5) is 11.2. The molecule has 2 nitrogen and oxygen atoms in total. The largest absolute Gasteiger partial charge is 0.748 e. The van der Waals surface area contributed by atoms with Crippen LogP contribution in [0.1, 0.15) is 25.5 Å². The standard InChI is InChI=1S/C11H14NO.C5H5.Fe/c1-8(2)11(13)12-9(3)10-6-4-5-7-10;1-2-4-5-3-1;/h4-7,9H,1H2,2-3H3,(H,12,13);1-5H;/q-1;-5;. The Labute approximate surface area is 125 Å². The Morgan fingerprint density at radius 2 is 1.58 bits per heavy atom. The van der Waals surface area contributed by atoms with Gasteiger partial charge in [0.25, 0.3) is 0 Å². The summed E-state index contributed by atoms with van der Waals surface area (Å²) in [5, 5.41) is 2.84. The maximum Gasteiger partial charge on any atom is 0.245 e. The van der Waals surface area contributed by atoms with Crippen molar-refractivity contribution in [2.24, 2.45) is 0 Å². The zero-order valence-electron chi connectivity index (χ0n) is 11.2. The van der Waals surface area contributed by atoms with Gasteiger partial charge in [0.05, 0.1) is 0 Å². The minimum Gasteiger partial charge on any atom is -0.748 e. The topological polar surface area (TPSA) is 29.1 Å². The van der Waals surface area contributed by atoms with Crippen molar-refractivity contribution in [2.75, 3.05) is 0 Å². The summed E-state index contributed by atoms with van der Waals surface area (Å²) in [6.45, 7) is 7.23. The maximum atomic E-state index is 11.2. The maximum absolute atomic E-state index is 11.2. The number of amides is 1. The van der Waals surface area contributed by atoms with Crippen LogP contribution in [-0.2, 0) is 21.9 Å². The molecule has 108 valence electrons. The Kier molecular flexibility index (Phi) is 8.60. The molecule has 3 heteroatoms. The van der Waals surface area contributed by atoms with Crippen molar-refractivity contribution in [2.45, 2.75) is 19.9 Å². The van der Waals surface area contributed by atoms with Crippen molar-refractivity contribution in [1.29, 1.82) is 0 Å². The Bertz CT molecular complexity index is 440. The van der Waals surface area contributed by atoms with Crippen LogP contribution in [0.25, 0.3) is 0 Å². The second-order valence-corrected chi connectivity index (χ2v) is 4.16. The third kappa shape index (κ3) is 6.80. The first-order valence-corrected chi connectivity index (χ1v) is 5.96. The van der Waals surface area contributed by atoms with Crippen molar-refractivity contribution in [3.05, 3.63) is 72.3 Å². The van der Waals surface area contributed by atoms with Gasteiger partial charge in [-0.25, -0.2) is 12.1 Å². The van der Waals surface area contributed by atoms with Gasteiger partial charge in [-0.3, -0.25) is 4.79 Å². The number of carbonyl (C=O) groups is 1. The first-order chi connectivity index (χ1) is 8.61. The first-order valence-electron chi connectivity index (χ1n) is 5.96. The summed E-state index contributed by atoms with van der Waals surface area (Å²) in [6, 6.07) is 17.9. The second-order valence-electron chi connectivity index (χ2n) is 4.16. The monoisotopic (exact) mass is 297 g/mol. The Balaban J connectivity index is 0.000000454. The van der Waals surface area contributed by atoms with Gasteiger partial charge >= 0.3 is 0 Å². The molecule has 0 aliphatic heterocycles. The average Bonchev–Trinajstić information content (AvgIpc) is 3.05. The van der Waals surface area contributed by atoms with Crippen molar-refractivity contribution >= 4 is 5.91 Å². The molecule has 0 fully saturated rings. The van der Waals surface area contributed by atoms with Crippen LogP contribution in [0.15, 0.2) is 66.7 Å². The molecule has 0 aliphatic carbocycles. The number of nitrogens with one attached hydrogen (secondary N) is 1. The molecule has 2 aromatic carbocycles. The molecule has 0 aromatic heterocycles. The summed E-state index contributed by atoms with van der Waals surface area (Å²) in [7, 11) is 0. The average molecular weight is 297 g/mol. The zero-order chi connectivity index (χ0) is 13.4. The van der Waals surface area contributed by atoms with Crippen LogP contribution in [-0.4, -0.2) is 5.91 Å². The Morgan fingerprint density at radius 1 is 1.16 bits per heavy atom. The number of rotatable bonds is 3. The fourth-order valence-electron chi connectivity index (χ4n) is 1.40. The third-order valence-corrected chi connectivity index (χ3v) is 2.48. The number of hydrogen-bond acceptors (Lipinski definition) is 1. The molecule has 1 amide bonds. The van der Waals surface area contributed by atoms with E-state index in [1.165, 1.54) is 0 Å². The summed E-state index contributed by atoms with van der Waals surface area (Å²) in [6.07, 6.45) is 0. The minimum absolute atomic E-state index is 0. The third-order valence-electron chi connectivity index (χ3n) is 2.48. The predicted octanol–water partition coefficient (Wildman–Crippen LogP) is 3.56. The minimum atomic E-state index is -0.0892. The first kappa shape index (κ1) is 17.4. The molecule has 19 heavy (non-hydrogen) atoms. The summed E-state index contributed by atoms with van der Waals surface area (Å²) in [5.41, 5.74) is 1.66. The molecule has 0 radical (unpaired) electrons. The fraction of sp³-hybridized carbons (Fsp3) is 0.188. The van der Waals surface area contributed by atoms with Gasteiger partial charge in [-0.15, -0.1) is 5.56 Å². The number of carbonyl (C=O) groups excluding carboxylic acids is 1. The summed E-state index contributed by atoms with van der Waals surface area (Å²) < 4.78 is 0. The van der Waals surface area contributed by atoms with Gasteiger partial charge in [0, 0.05) is 28.7 Å². The molecule has 0 saturated heterocycles. The molecular formula is C16H19FeNO-6. The quantitative estimate of drug-likeness (QED) is 0.524. The van der Waals surface area contributed by atoms with E-state index >= 15 is 0 Å². The smallest absolute Gasteiger partial charge is 0.245 e. The molecule has 0 aliphatic rings. The van der Waals surface area contributed by atoms with Crippen molar-refractivity contribution < 1.29 is 21.9 Å². The molecule has 2 aromatic rings. The molecule has 0 spiro atoms. The van der Waals surface area contributed by atoms with E-state index in [1.54, 1.807) is 6.92 Å². The summed E-state index contributed by atoms with van der Waals surface area (Å²) in [5.74, 6) is -0.0892. The van der Waals surface area contributed by atoms with Crippen LogP contribution in [0.5, 0.6) is 0 Å². The fourth-order valence-corrected chi connectivity index (χ4v) is 1.40. The van der Waals surface area contributed by atoms with Crippen molar-refractivity contribution in [3.63, 3.8) is 0 Å². The van der Waals surface area contributed by atoms with E-state index in [-0.39, 0.29) is 29.0 Å². The van der Waals surface area contributed by atoms with Gasteiger partial charge in [-0.1, -0.05) is 13.5 Å². The van der Waals surface area contributed by atoms with Gasteiger partial charge in [-0.2, -0.15) is 12.1 Å². The van der Waals surface area contributed by atoms with Gasteiger partial charge in [0.15, 0.2) is 0 Å².